The van der Waals surface area contributed by atoms with E-state index < -0.39 is 11.7 Å². The third kappa shape index (κ3) is 2.52. The highest BCUT2D eigenvalue weighted by atomic mass is 16.5. The molecule has 100 valence electrons. The van der Waals surface area contributed by atoms with Gasteiger partial charge in [0.1, 0.15) is 11.9 Å². The van der Waals surface area contributed by atoms with Crippen LogP contribution in [0.25, 0.3) is 0 Å². The van der Waals surface area contributed by atoms with Crippen LogP contribution in [0.2, 0.25) is 0 Å². The molecule has 0 radical (unpaired) electrons. The topological polar surface area (TPSA) is 38.7 Å². The van der Waals surface area contributed by atoms with Gasteiger partial charge in [0.25, 0.3) is 0 Å². The Balaban J connectivity index is 2.14. The summed E-state index contributed by atoms with van der Waals surface area (Å²) in [5.74, 6) is 0.839. The Bertz CT molecular complexity index is 366. The van der Waals surface area contributed by atoms with Crippen molar-refractivity contribution in [2.75, 3.05) is 13.7 Å². The summed E-state index contributed by atoms with van der Waals surface area (Å²) in [6.07, 6.45) is 3.56. The second-order valence-electron chi connectivity index (χ2n) is 4.88. The lowest BCUT2D eigenvalue weighted by atomic mass is 9.89. The summed E-state index contributed by atoms with van der Waals surface area (Å²) < 4.78 is 11.0. The second kappa shape index (κ2) is 5.72. The molecule has 1 aromatic rings. The molecule has 1 aromatic carbocycles. The first-order chi connectivity index (χ1) is 8.72. The summed E-state index contributed by atoms with van der Waals surface area (Å²) in [6.45, 7) is 2.62. The lowest BCUT2D eigenvalue weighted by Crippen LogP contribution is -2.35. The van der Waals surface area contributed by atoms with Gasteiger partial charge in [0, 0.05) is 7.11 Å². The summed E-state index contributed by atoms with van der Waals surface area (Å²) in [7, 11) is 1.70. The van der Waals surface area contributed by atoms with E-state index in [1.807, 2.05) is 31.2 Å². The van der Waals surface area contributed by atoms with Gasteiger partial charge in [-0.2, -0.15) is 0 Å². The normalized spacial score (nSPS) is 19.7. The number of benzene rings is 1. The number of aliphatic hydroxyl groups is 1. The summed E-state index contributed by atoms with van der Waals surface area (Å²) in [5, 5.41) is 10.5. The minimum Gasteiger partial charge on any atom is -0.494 e. The molecule has 0 aliphatic heterocycles. The van der Waals surface area contributed by atoms with Crippen molar-refractivity contribution >= 4 is 0 Å². The fraction of sp³-hybridized carbons (Fsp3) is 0.600. The van der Waals surface area contributed by atoms with Crippen LogP contribution in [0.4, 0.5) is 0 Å². The smallest absolute Gasteiger partial charge is 0.119 e. The maximum atomic E-state index is 10.5. The number of ether oxygens (including phenoxy) is 2. The van der Waals surface area contributed by atoms with Crippen LogP contribution in [0, 0.1) is 0 Å². The molecular weight excluding hydrogens is 228 g/mol. The summed E-state index contributed by atoms with van der Waals surface area (Å²) in [5.41, 5.74) is 0.509. The van der Waals surface area contributed by atoms with Crippen LogP contribution >= 0.6 is 0 Å². The van der Waals surface area contributed by atoms with Gasteiger partial charge in [-0.25, -0.2) is 0 Å². The van der Waals surface area contributed by atoms with Crippen molar-refractivity contribution in [2.24, 2.45) is 0 Å². The molecule has 1 fully saturated rings. The third-order valence-corrected chi connectivity index (χ3v) is 3.86. The maximum Gasteiger partial charge on any atom is 0.119 e. The summed E-state index contributed by atoms with van der Waals surface area (Å²) in [4.78, 5) is 0. The lowest BCUT2D eigenvalue weighted by Gasteiger charge is -2.33. The highest BCUT2D eigenvalue weighted by Crippen LogP contribution is 2.42. The molecule has 2 rings (SSSR count). The van der Waals surface area contributed by atoms with Gasteiger partial charge in [-0.05, 0) is 37.5 Å². The van der Waals surface area contributed by atoms with Crippen LogP contribution in [0.15, 0.2) is 24.3 Å². The van der Waals surface area contributed by atoms with Gasteiger partial charge in [-0.15, -0.1) is 0 Å². The Morgan fingerprint density at radius 3 is 2.33 bits per heavy atom. The third-order valence-electron chi connectivity index (χ3n) is 3.86. The quantitative estimate of drug-likeness (QED) is 0.872. The first-order valence-electron chi connectivity index (χ1n) is 6.68. The number of hydrogen-bond donors (Lipinski definition) is 1. The van der Waals surface area contributed by atoms with Crippen LogP contribution in [0.1, 0.15) is 44.3 Å². The standard InChI is InChI=1S/C15H22O3/c1-3-18-13-8-6-12(7-9-13)14(16)15(17-2)10-4-5-11-15/h6-9,14,16H,3-5,10-11H2,1-2H3. The van der Waals surface area contributed by atoms with E-state index in [-0.39, 0.29) is 0 Å². The molecule has 18 heavy (non-hydrogen) atoms. The number of methoxy groups -OCH3 is 1. The van der Waals surface area contributed by atoms with Gasteiger partial charge in [-0.3, -0.25) is 0 Å². The van der Waals surface area contributed by atoms with Gasteiger partial charge in [0.05, 0.1) is 12.2 Å². The maximum absolute atomic E-state index is 10.5. The first-order valence-corrected chi connectivity index (χ1v) is 6.68. The van der Waals surface area contributed by atoms with Crippen molar-refractivity contribution in [1.82, 2.24) is 0 Å². The Morgan fingerprint density at radius 2 is 1.83 bits per heavy atom. The Kier molecular flexibility index (Phi) is 4.25. The van der Waals surface area contributed by atoms with E-state index in [0.29, 0.717) is 6.61 Å². The highest BCUT2D eigenvalue weighted by molar-refractivity contribution is 5.30. The van der Waals surface area contributed by atoms with Gasteiger partial charge in [-0.1, -0.05) is 25.0 Å². The minimum atomic E-state index is -0.555. The average Bonchev–Trinajstić information content (AvgIpc) is 2.89. The molecule has 0 bridgehead atoms. The molecule has 3 heteroatoms. The van der Waals surface area contributed by atoms with Crippen molar-refractivity contribution in [2.45, 2.75) is 44.3 Å². The van der Waals surface area contributed by atoms with Crippen molar-refractivity contribution in [3.63, 3.8) is 0 Å². The molecule has 3 nitrogen and oxygen atoms in total. The van der Waals surface area contributed by atoms with Crippen LogP contribution in [-0.2, 0) is 4.74 Å². The zero-order valence-electron chi connectivity index (χ0n) is 11.2. The van der Waals surface area contributed by atoms with E-state index in [4.69, 9.17) is 9.47 Å². The van der Waals surface area contributed by atoms with E-state index in [1.54, 1.807) is 7.11 Å². The van der Waals surface area contributed by atoms with Crippen LogP contribution < -0.4 is 4.74 Å². The van der Waals surface area contributed by atoms with Crippen molar-refractivity contribution in [3.05, 3.63) is 29.8 Å². The summed E-state index contributed by atoms with van der Waals surface area (Å²) in [6, 6.07) is 7.66. The minimum absolute atomic E-state index is 0.396. The van der Waals surface area contributed by atoms with Gasteiger partial charge in [0.15, 0.2) is 0 Å². The number of hydrogen-bond acceptors (Lipinski definition) is 3. The number of rotatable bonds is 5. The van der Waals surface area contributed by atoms with Crippen molar-refractivity contribution < 1.29 is 14.6 Å². The summed E-state index contributed by atoms with van der Waals surface area (Å²) >= 11 is 0. The average molecular weight is 250 g/mol. The lowest BCUT2D eigenvalue weighted by molar-refractivity contribution is -0.100. The fourth-order valence-corrected chi connectivity index (χ4v) is 2.78. The molecular formula is C15H22O3. The molecule has 0 aromatic heterocycles. The van der Waals surface area contributed by atoms with Crippen molar-refractivity contribution in [1.29, 1.82) is 0 Å². The van der Waals surface area contributed by atoms with E-state index in [2.05, 4.69) is 0 Å². The van der Waals surface area contributed by atoms with Crippen LogP contribution in [-0.4, -0.2) is 24.4 Å². The molecule has 1 aliphatic rings. The monoisotopic (exact) mass is 250 g/mol. The zero-order chi connectivity index (χ0) is 13.0. The molecule has 0 amide bonds. The predicted molar refractivity (Wildman–Crippen MR) is 70.8 cm³/mol. The number of aliphatic hydroxyl groups excluding tert-OH is 1. The molecule has 1 unspecified atom stereocenters. The van der Waals surface area contributed by atoms with E-state index in [0.717, 1.165) is 37.0 Å². The molecule has 0 spiro atoms. The molecule has 0 saturated heterocycles. The van der Waals surface area contributed by atoms with Crippen molar-refractivity contribution in [3.8, 4) is 5.75 Å². The molecule has 1 atom stereocenters. The SMILES string of the molecule is CCOc1ccc(C(O)C2(OC)CCCC2)cc1. The van der Waals surface area contributed by atoms with E-state index in [9.17, 15) is 5.11 Å². The predicted octanol–water partition coefficient (Wildman–Crippen LogP) is 3.08. The van der Waals surface area contributed by atoms with Gasteiger partial charge >= 0.3 is 0 Å². The van der Waals surface area contributed by atoms with Gasteiger partial charge in [0.2, 0.25) is 0 Å². The highest BCUT2D eigenvalue weighted by Gasteiger charge is 2.41. The zero-order valence-corrected chi connectivity index (χ0v) is 11.2. The van der Waals surface area contributed by atoms with Gasteiger partial charge < -0.3 is 14.6 Å². The Labute approximate surface area is 109 Å². The fourth-order valence-electron chi connectivity index (χ4n) is 2.78. The van der Waals surface area contributed by atoms with E-state index in [1.165, 1.54) is 0 Å². The largest absolute Gasteiger partial charge is 0.494 e. The Hall–Kier alpha value is -1.06. The first kappa shape index (κ1) is 13.4. The Morgan fingerprint density at radius 1 is 1.22 bits per heavy atom. The van der Waals surface area contributed by atoms with E-state index >= 15 is 0 Å². The molecule has 1 saturated carbocycles. The van der Waals surface area contributed by atoms with Crippen LogP contribution in [0.5, 0.6) is 5.75 Å². The second-order valence-corrected chi connectivity index (χ2v) is 4.88. The molecule has 0 heterocycles. The molecule has 1 N–H and O–H groups in total. The van der Waals surface area contributed by atoms with Crippen LogP contribution in [0.3, 0.4) is 0 Å². The molecule has 1 aliphatic carbocycles.